The Hall–Kier alpha value is -3.63. The maximum atomic E-state index is 13.2. The van der Waals surface area contributed by atoms with Crippen LogP contribution in [0.2, 0.25) is 0 Å². The molecule has 2 rings (SSSR count). The summed E-state index contributed by atoms with van der Waals surface area (Å²) in [4.78, 5) is 23.5. The maximum Gasteiger partial charge on any atom is 0.417 e. The molecule has 3 N–H and O–H groups in total. The minimum absolute atomic E-state index is 0.160. The summed E-state index contributed by atoms with van der Waals surface area (Å²) >= 11 is 0. The van der Waals surface area contributed by atoms with Gasteiger partial charge in [0, 0.05) is 24.3 Å². The van der Waals surface area contributed by atoms with Crippen molar-refractivity contribution in [3.63, 3.8) is 0 Å². The number of amides is 1. The summed E-state index contributed by atoms with van der Waals surface area (Å²) in [6.07, 6.45) is -2.26. The first-order chi connectivity index (χ1) is 17.7. The Labute approximate surface area is 218 Å². The number of benzene rings is 2. The Morgan fingerprint density at radius 1 is 1.05 bits per heavy atom. The van der Waals surface area contributed by atoms with Crippen LogP contribution in [-0.2, 0) is 30.3 Å². The summed E-state index contributed by atoms with van der Waals surface area (Å²) < 4.78 is 69.7. The van der Waals surface area contributed by atoms with E-state index in [1.54, 1.807) is 0 Å². The first-order valence-corrected chi connectivity index (χ1v) is 13.1. The predicted octanol–water partition coefficient (Wildman–Crippen LogP) is 3.89. The second-order valence-corrected chi connectivity index (χ2v) is 10.7. The smallest absolute Gasteiger partial charge is 0.417 e. The molecule has 13 heteroatoms. The lowest BCUT2D eigenvalue weighted by molar-refractivity contribution is -0.141. The molecule has 2 aromatic carbocycles. The molecule has 0 bridgehead atoms. The van der Waals surface area contributed by atoms with E-state index >= 15 is 0 Å². The van der Waals surface area contributed by atoms with Crippen LogP contribution in [0.15, 0.2) is 47.4 Å². The Kier molecular flexibility index (Phi) is 10.3. The molecule has 0 aromatic heterocycles. The van der Waals surface area contributed by atoms with E-state index in [9.17, 15) is 36.3 Å². The Balaban J connectivity index is 1.99. The second-order valence-electron chi connectivity index (χ2n) is 8.69. The lowest BCUT2D eigenvalue weighted by Gasteiger charge is -2.22. The van der Waals surface area contributed by atoms with Crippen LogP contribution in [0.5, 0.6) is 0 Å². The van der Waals surface area contributed by atoms with Crippen molar-refractivity contribution in [1.29, 1.82) is 5.26 Å². The number of nitriles is 1. The van der Waals surface area contributed by atoms with E-state index in [0.29, 0.717) is 31.1 Å². The molecule has 0 spiro atoms. The highest BCUT2D eigenvalue weighted by molar-refractivity contribution is 7.91. The van der Waals surface area contributed by atoms with Crippen molar-refractivity contribution >= 4 is 33.1 Å². The topological polar surface area (TPSA) is 146 Å². The number of aliphatic hydroxyl groups is 1. The summed E-state index contributed by atoms with van der Waals surface area (Å²) in [5.41, 5.74) is -4.13. The number of hydrogen-bond donors (Lipinski definition) is 3. The number of rotatable bonds is 12. The molecule has 0 saturated heterocycles. The second kappa shape index (κ2) is 12.7. The van der Waals surface area contributed by atoms with Gasteiger partial charge in [-0.2, -0.15) is 18.4 Å². The van der Waals surface area contributed by atoms with E-state index in [1.807, 2.05) is 0 Å². The minimum Gasteiger partial charge on any atom is -0.469 e. The molecular formula is C25H28F3N3O6S. The number of carbonyl (C=O) groups is 2. The lowest BCUT2D eigenvalue weighted by Crippen LogP contribution is -2.45. The van der Waals surface area contributed by atoms with Crippen molar-refractivity contribution in [1.82, 2.24) is 0 Å². The number of nitrogens with zero attached hydrogens (tertiary/aromatic N) is 1. The highest BCUT2D eigenvalue weighted by atomic mass is 32.2. The average molecular weight is 556 g/mol. The van der Waals surface area contributed by atoms with Gasteiger partial charge in [-0.05, 0) is 62.2 Å². The number of alkyl halides is 3. The third-order valence-electron chi connectivity index (χ3n) is 5.49. The molecule has 0 heterocycles. The number of ether oxygens (including phenoxy) is 1. The van der Waals surface area contributed by atoms with Gasteiger partial charge in [-0.15, -0.1) is 0 Å². The number of esters is 1. The van der Waals surface area contributed by atoms with E-state index in [-0.39, 0.29) is 16.6 Å². The van der Waals surface area contributed by atoms with E-state index in [2.05, 4.69) is 15.4 Å². The van der Waals surface area contributed by atoms with Crippen LogP contribution in [0.1, 0.15) is 43.7 Å². The SMILES string of the molecule is COC(=O)CCCCCNc1ccc(S(=O)(=O)C[C@@](C)(O)C(=O)Nc2ccc(C#N)c(C(F)(F)F)c2)cc1. The lowest BCUT2D eigenvalue weighted by atomic mass is 10.1. The fraction of sp³-hybridized carbons (Fsp3) is 0.400. The van der Waals surface area contributed by atoms with Crippen molar-refractivity contribution in [3.05, 3.63) is 53.6 Å². The Bertz CT molecular complexity index is 1290. The van der Waals surface area contributed by atoms with Crippen molar-refractivity contribution in [3.8, 4) is 6.07 Å². The zero-order valence-electron chi connectivity index (χ0n) is 20.8. The van der Waals surface area contributed by atoms with Gasteiger partial charge in [0.2, 0.25) is 0 Å². The molecule has 1 atom stereocenters. The molecule has 0 saturated carbocycles. The number of anilines is 2. The van der Waals surface area contributed by atoms with Crippen molar-refractivity contribution < 1.29 is 41.0 Å². The highest BCUT2D eigenvalue weighted by Gasteiger charge is 2.38. The van der Waals surface area contributed by atoms with Crippen molar-refractivity contribution in [2.24, 2.45) is 0 Å². The Morgan fingerprint density at radius 2 is 1.68 bits per heavy atom. The van der Waals surface area contributed by atoms with Crippen LogP contribution in [0.4, 0.5) is 24.5 Å². The molecular weight excluding hydrogens is 527 g/mol. The van der Waals surface area contributed by atoms with Gasteiger partial charge in [0.25, 0.3) is 5.91 Å². The van der Waals surface area contributed by atoms with Gasteiger partial charge in [-0.25, -0.2) is 8.42 Å². The first-order valence-electron chi connectivity index (χ1n) is 11.5. The number of carbonyl (C=O) groups excluding carboxylic acids is 2. The number of nitrogens with one attached hydrogen (secondary N) is 2. The van der Waals surface area contributed by atoms with Crippen LogP contribution in [0.3, 0.4) is 0 Å². The summed E-state index contributed by atoms with van der Waals surface area (Å²) in [6.45, 7) is 1.53. The third-order valence-corrected chi connectivity index (χ3v) is 7.42. The number of unbranched alkanes of at least 4 members (excludes halogenated alkanes) is 2. The van der Waals surface area contributed by atoms with E-state index < -0.39 is 44.4 Å². The predicted molar refractivity (Wildman–Crippen MR) is 133 cm³/mol. The fourth-order valence-corrected chi connectivity index (χ4v) is 5.01. The number of halogens is 3. The minimum atomic E-state index is -4.86. The number of hydrogen-bond acceptors (Lipinski definition) is 8. The van der Waals surface area contributed by atoms with Gasteiger partial charge in [-0.1, -0.05) is 6.42 Å². The average Bonchev–Trinajstić information content (AvgIpc) is 2.85. The van der Waals surface area contributed by atoms with Crippen LogP contribution < -0.4 is 10.6 Å². The molecule has 2 aromatic rings. The van der Waals surface area contributed by atoms with Crippen molar-refractivity contribution in [2.75, 3.05) is 30.0 Å². The van der Waals surface area contributed by atoms with Gasteiger partial charge in [-0.3, -0.25) is 9.59 Å². The van der Waals surface area contributed by atoms with Crippen LogP contribution in [-0.4, -0.2) is 50.4 Å². The van der Waals surface area contributed by atoms with Gasteiger partial charge < -0.3 is 20.5 Å². The summed E-state index contributed by atoms with van der Waals surface area (Å²) in [5, 5.41) is 24.6. The largest absolute Gasteiger partial charge is 0.469 e. The summed E-state index contributed by atoms with van der Waals surface area (Å²) in [6, 6.07) is 9.50. The molecule has 0 aliphatic heterocycles. The molecule has 0 fully saturated rings. The van der Waals surface area contributed by atoms with Gasteiger partial charge >= 0.3 is 12.1 Å². The molecule has 0 unspecified atom stereocenters. The van der Waals surface area contributed by atoms with Crippen LogP contribution in [0.25, 0.3) is 0 Å². The van der Waals surface area contributed by atoms with E-state index in [1.165, 1.54) is 37.4 Å². The maximum absolute atomic E-state index is 13.2. The zero-order chi connectivity index (χ0) is 28.6. The third kappa shape index (κ3) is 8.74. The molecule has 0 aliphatic rings. The van der Waals surface area contributed by atoms with E-state index in [0.717, 1.165) is 31.9 Å². The number of sulfone groups is 1. The Morgan fingerprint density at radius 3 is 2.26 bits per heavy atom. The van der Waals surface area contributed by atoms with Crippen molar-refractivity contribution in [2.45, 2.75) is 49.3 Å². The number of methoxy groups -OCH3 is 1. The zero-order valence-corrected chi connectivity index (χ0v) is 21.6. The van der Waals surface area contributed by atoms with Gasteiger partial charge in [0.15, 0.2) is 15.4 Å². The quantitative estimate of drug-likeness (QED) is 0.264. The molecule has 1 amide bonds. The van der Waals surface area contributed by atoms with Gasteiger partial charge in [0.1, 0.15) is 0 Å². The highest BCUT2D eigenvalue weighted by Crippen LogP contribution is 2.33. The summed E-state index contributed by atoms with van der Waals surface area (Å²) in [5.74, 6) is -2.53. The summed E-state index contributed by atoms with van der Waals surface area (Å²) in [7, 11) is -2.83. The molecule has 38 heavy (non-hydrogen) atoms. The monoisotopic (exact) mass is 555 g/mol. The molecule has 0 aliphatic carbocycles. The van der Waals surface area contributed by atoms with Crippen LogP contribution in [0, 0.1) is 11.3 Å². The standard InChI is InChI=1S/C25H28F3N3O6S/c1-24(34,23(33)31-19-8-7-17(15-29)21(14-19)25(26,27)28)16-38(35,36)20-11-9-18(10-12-20)30-13-5-3-4-6-22(32)37-2/h7-12,14,30,34H,3-6,13,16H2,1-2H3,(H,31,33)/t24-/m1/s1. The van der Waals surface area contributed by atoms with Gasteiger partial charge in [0.05, 0.1) is 35.0 Å². The molecule has 9 nitrogen and oxygen atoms in total. The van der Waals surface area contributed by atoms with E-state index in [4.69, 9.17) is 5.26 Å². The molecule has 0 radical (unpaired) electrons. The fourth-order valence-electron chi connectivity index (χ4n) is 3.42. The normalized spacial score (nSPS) is 13.2. The molecule has 206 valence electrons. The first kappa shape index (κ1) is 30.6. The van der Waals surface area contributed by atoms with Crippen LogP contribution >= 0.6 is 0 Å².